The maximum Gasteiger partial charge on any atom is 0.310 e. The van der Waals surface area contributed by atoms with Crippen LogP contribution in [0.5, 0.6) is 0 Å². The molecule has 2 aromatic rings. The molecule has 3 rings (SSSR count). The fraction of sp³-hybridized carbons (Fsp3) is 0.438. The van der Waals surface area contributed by atoms with Gasteiger partial charge >= 0.3 is 5.97 Å². The molecule has 1 aromatic carbocycles. The zero-order chi connectivity index (χ0) is 16.4. The summed E-state index contributed by atoms with van der Waals surface area (Å²) in [5.41, 5.74) is 2.42. The van der Waals surface area contributed by atoms with Crippen molar-refractivity contribution >= 4 is 26.9 Å². The first kappa shape index (κ1) is 16.0. The lowest BCUT2D eigenvalue weighted by Gasteiger charge is -2.15. The Balaban J connectivity index is 1.87. The van der Waals surface area contributed by atoms with Gasteiger partial charge in [-0.25, -0.2) is 12.7 Å². The van der Waals surface area contributed by atoms with Crippen molar-refractivity contribution in [2.45, 2.75) is 25.0 Å². The van der Waals surface area contributed by atoms with Gasteiger partial charge in [-0.05, 0) is 36.1 Å². The van der Waals surface area contributed by atoms with Crippen LogP contribution < -0.4 is 0 Å². The molecule has 1 fully saturated rings. The number of carbonyl (C=O) groups excluding carboxylic acids is 1. The Bertz CT molecular complexity index is 820. The summed E-state index contributed by atoms with van der Waals surface area (Å²) < 4.78 is 31.1. The Labute approximate surface area is 135 Å². The highest BCUT2D eigenvalue weighted by atomic mass is 32.2. The van der Waals surface area contributed by atoms with Crippen LogP contribution in [0.15, 0.2) is 24.4 Å². The second-order valence-electron chi connectivity index (χ2n) is 5.81. The SMILES string of the molecule is COC(=O)Cc1c[nH]c2ccc(CS(=O)(=O)N3CCCC3)cc12. The highest BCUT2D eigenvalue weighted by Crippen LogP contribution is 2.23. The van der Waals surface area contributed by atoms with E-state index in [9.17, 15) is 13.2 Å². The lowest BCUT2D eigenvalue weighted by Crippen LogP contribution is -2.29. The van der Waals surface area contributed by atoms with Crippen LogP contribution in [0.1, 0.15) is 24.0 Å². The number of H-pyrrole nitrogens is 1. The first-order valence-electron chi connectivity index (χ1n) is 7.63. The topological polar surface area (TPSA) is 79.5 Å². The van der Waals surface area contributed by atoms with Gasteiger partial charge < -0.3 is 9.72 Å². The summed E-state index contributed by atoms with van der Waals surface area (Å²) in [5.74, 6) is -0.327. The monoisotopic (exact) mass is 336 g/mol. The summed E-state index contributed by atoms with van der Waals surface area (Å²) in [6.45, 7) is 1.23. The van der Waals surface area contributed by atoms with Gasteiger partial charge in [-0.2, -0.15) is 0 Å². The van der Waals surface area contributed by atoms with Crippen molar-refractivity contribution < 1.29 is 17.9 Å². The van der Waals surface area contributed by atoms with Crippen LogP contribution in [0.2, 0.25) is 0 Å². The van der Waals surface area contributed by atoms with E-state index in [4.69, 9.17) is 4.74 Å². The number of esters is 1. The number of ether oxygens (including phenoxy) is 1. The molecule has 1 N–H and O–H groups in total. The Kier molecular flexibility index (Phi) is 4.41. The van der Waals surface area contributed by atoms with Gasteiger partial charge in [0.25, 0.3) is 0 Å². The second kappa shape index (κ2) is 6.33. The first-order valence-corrected chi connectivity index (χ1v) is 9.24. The molecule has 0 bridgehead atoms. The third-order valence-corrected chi connectivity index (χ3v) is 6.05. The third kappa shape index (κ3) is 3.40. The Morgan fingerprint density at radius 1 is 1.30 bits per heavy atom. The number of aromatic nitrogens is 1. The van der Waals surface area contributed by atoms with Gasteiger partial charge in [-0.15, -0.1) is 0 Å². The van der Waals surface area contributed by atoms with Crippen LogP contribution in [0, 0.1) is 0 Å². The van der Waals surface area contributed by atoms with Crippen molar-refractivity contribution in [1.82, 2.24) is 9.29 Å². The van der Waals surface area contributed by atoms with Crippen molar-refractivity contribution in [3.05, 3.63) is 35.5 Å². The molecule has 0 saturated carbocycles. The molecule has 1 aliphatic heterocycles. The van der Waals surface area contributed by atoms with Gasteiger partial charge in [0.1, 0.15) is 0 Å². The molecule has 6 nitrogen and oxygen atoms in total. The summed E-state index contributed by atoms with van der Waals surface area (Å²) in [6.07, 6.45) is 3.79. The van der Waals surface area contributed by atoms with Crippen LogP contribution in [-0.2, 0) is 31.7 Å². The van der Waals surface area contributed by atoms with Crippen molar-refractivity contribution in [1.29, 1.82) is 0 Å². The predicted octanol–water partition coefficient (Wildman–Crippen LogP) is 1.81. The minimum atomic E-state index is -3.27. The molecule has 23 heavy (non-hydrogen) atoms. The molecular formula is C16H20N2O4S. The summed E-state index contributed by atoms with van der Waals surface area (Å²) >= 11 is 0. The average Bonchev–Trinajstić information content (AvgIpc) is 3.17. The van der Waals surface area contributed by atoms with Gasteiger partial charge in [0.2, 0.25) is 10.0 Å². The quantitative estimate of drug-likeness (QED) is 0.845. The number of benzene rings is 1. The number of fused-ring (bicyclic) bond motifs is 1. The lowest BCUT2D eigenvalue weighted by molar-refractivity contribution is -0.139. The standard InChI is InChI=1S/C16H20N2O4S/c1-22-16(19)9-13-10-17-15-5-4-12(8-14(13)15)11-23(20,21)18-6-2-3-7-18/h4-5,8,10,17H,2-3,6-7,9,11H2,1H3. The van der Waals surface area contributed by atoms with E-state index in [-0.39, 0.29) is 18.1 Å². The van der Waals surface area contributed by atoms with Crippen molar-refractivity contribution in [2.24, 2.45) is 0 Å². The number of hydrogen-bond donors (Lipinski definition) is 1. The van der Waals surface area contributed by atoms with E-state index in [1.807, 2.05) is 18.2 Å². The smallest absolute Gasteiger partial charge is 0.310 e. The summed E-state index contributed by atoms with van der Waals surface area (Å²) in [7, 11) is -1.92. The van der Waals surface area contributed by atoms with E-state index in [1.165, 1.54) is 7.11 Å². The van der Waals surface area contributed by atoms with Crippen molar-refractivity contribution in [2.75, 3.05) is 20.2 Å². The molecule has 0 unspecified atom stereocenters. The van der Waals surface area contributed by atoms with Gasteiger partial charge in [0.15, 0.2) is 0 Å². The normalized spacial score (nSPS) is 16.0. The molecule has 7 heteroatoms. The van der Waals surface area contributed by atoms with Crippen molar-refractivity contribution in [3.8, 4) is 0 Å². The Hall–Kier alpha value is -1.86. The fourth-order valence-corrected chi connectivity index (χ4v) is 4.56. The van der Waals surface area contributed by atoms with E-state index in [1.54, 1.807) is 10.5 Å². The molecule has 0 spiro atoms. The number of carbonyl (C=O) groups is 1. The lowest BCUT2D eigenvalue weighted by atomic mass is 10.1. The van der Waals surface area contributed by atoms with Crippen LogP contribution in [0.3, 0.4) is 0 Å². The minimum Gasteiger partial charge on any atom is -0.469 e. The molecule has 0 radical (unpaired) electrons. The molecule has 124 valence electrons. The molecule has 1 saturated heterocycles. The van der Waals surface area contributed by atoms with Gasteiger partial charge in [0, 0.05) is 30.2 Å². The van der Waals surface area contributed by atoms with Gasteiger partial charge in [-0.3, -0.25) is 4.79 Å². The van der Waals surface area contributed by atoms with E-state index in [2.05, 4.69) is 4.98 Å². The molecule has 1 aromatic heterocycles. The third-order valence-electron chi connectivity index (χ3n) is 4.20. The highest BCUT2D eigenvalue weighted by molar-refractivity contribution is 7.88. The second-order valence-corrected chi connectivity index (χ2v) is 7.78. The van der Waals surface area contributed by atoms with Gasteiger partial charge in [0.05, 0.1) is 19.3 Å². The van der Waals surface area contributed by atoms with E-state index in [0.29, 0.717) is 13.1 Å². The van der Waals surface area contributed by atoms with Crippen molar-refractivity contribution in [3.63, 3.8) is 0 Å². The number of sulfonamides is 1. The van der Waals surface area contributed by atoms with Gasteiger partial charge in [-0.1, -0.05) is 6.07 Å². The minimum absolute atomic E-state index is 0.00815. The van der Waals surface area contributed by atoms with Crippen LogP contribution in [0.4, 0.5) is 0 Å². The number of nitrogens with one attached hydrogen (secondary N) is 1. The number of aromatic amines is 1. The van der Waals surface area contributed by atoms with Crippen LogP contribution in [0.25, 0.3) is 10.9 Å². The molecule has 0 aliphatic carbocycles. The molecule has 0 atom stereocenters. The molecule has 0 amide bonds. The zero-order valence-electron chi connectivity index (χ0n) is 13.0. The number of methoxy groups -OCH3 is 1. The number of hydrogen-bond acceptors (Lipinski definition) is 4. The highest BCUT2D eigenvalue weighted by Gasteiger charge is 2.25. The van der Waals surface area contributed by atoms with Crippen LogP contribution >= 0.6 is 0 Å². The summed E-state index contributed by atoms with van der Waals surface area (Å²) in [4.78, 5) is 14.6. The predicted molar refractivity (Wildman–Crippen MR) is 87.4 cm³/mol. The maximum atomic E-state index is 12.4. The Morgan fingerprint density at radius 3 is 2.74 bits per heavy atom. The molecule has 2 heterocycles. The zero-order valence-corrected chi connectivity index (χ0v) is 13.9. The molecular weight excluding hydrogens is 316 g/mol. The fourth-order valence-electron chi connectivity index (χ4n) is 2.96. The Morgan fingerprint density at radius 2 is 2.04 bits per heavy atom. The summed E-state index contributed by atoms with van der Waals surface area (Å²) in [6, 6.07) is 5.51. The van der Waals surface area contributed by atoms with E-state index in [0.717, 1.165) is 34.9 Å². The first-order chi connectivity index (χ1) is 11.0. The van der Waals surface area contributed by atoms with E-state index >= 15 is 0 Å². The maximum absolute atomic E-state index is 12.4. The number of rotatable bonds is 5. The largest absolute Gasteiger partial charge is 0.469 e. The summed E-state index contributed by atoms with van der Waals surface area (Å²) in [5, 5.41) is 0.865. The number of nitrogens with zero attached hydrogens (tertiary/aromatic N) is 1. The average molecular weight is 336 g/mol. The molecule has 1 aliphatic rings. The van der Waals surface area contributed by atoms with Crippen LogP contribution in [-0.4, -0.2) is 43.9 Å². The van der Waals surface area contributed by atoms with E-state index < -0.39 is 10.0 Å².